The molecule has 2 aliphatic heterocycles. The number of benzene rings is 1. The van der Waals surface area contributed by atoms with Crippen molar-refractivity contribution < 1.29 is 14.2 Å². The highest BCUT2D eigenvalue weighted by molar-refractivity contribution is 5.44. The molecule has 3 rings (SSSR count). The molecule has 17 heavy (non-hydrogen) atoms. The van der Waals surface area contributed by atoms with Crippen LogP contribution in [0.3, 0.4) is 0 Å². The molecule has 1 aromatic carbocycles. The maximum atomic E-state index is 9.15. The fourth-order valence-corrected chi connectivity index (χ4v) is 2.14. The van der Waals surface area contributed by atoms with E-state index in [0.29, 0.717) is 32.8 Å². The van der Waals surface area contributed by atoms with Gasteiger partial charge in [-0.2, -0.15) is 5.26 Å². The minimum Gasteiger partial charge on any atom is -0.486 e. The Morgan fingerprint density at radius 3 is 2.59 bits per heavy atom. The molecule has 1 fully saturated rings. The minimum atomic E-state index is -0.343. The standard InChI is InChI=1S/C13H13NO3/c14-7-13(8-15-9-13)6-10-1-2-11-12(5-10)17-4-3-16-11/h1-2,5H,3-4,6,8-9H2. The van der Waals surface area contributed by atoms with Crippen LogP contribution in [-0.4, -0.2) is 26.4 Å². The normalized spacial score (nSPS) is 20.2. The summed E-state index contributed by atoms with van der Waals surface area (Å²) in [6.45, 7) is 2.24. The topological polar surface area (TPSA) is 51.5 Å². The molecular weight excluding hydrogens is 218 g/mol. The van der Waals surface area contributed by atoms with Gasteiger partial charge in [0.15, 0.2) is 11.5 Å². The van der Waals surface area contributed by atoms with E-state index >= 15 is 0 Å². The zero-order valence-corrected chi connectivity index (χ0v) is 9.44. The highest BCUT2D eigenvalue weighted by Gasteiger charge is 2.39. The van der Waals surface area contributed by atoms with Crippen LogP contribution in [0.5, 0.6) is 11.5 Å². The highest BCUT2D eigenvalue weighted by Crippen LogP contribution is 2.35. The summed E-state index contributed by atoms with van der Waals surface area (Å²) in [5, 5.41) is 9.15. The van der Waals surface area contributed by atoms with Crippen molar-refractivity contribution in [2.24, 2.45) is 5.41 Å². The first kappa shape index (κ1) is 10.4. The van der Waals surface area contributed by atoms with Gasteiger partial charge in [-0.15, -0.1) is 0 Å². The van der Waals surface area contributed by atoms with Crippen LogP contribution in [-0.2, 0) is 11.2 Å². The molecule has 0 atom stereocenters. The van der Waals surface area contributed by atoms with E-state index in [1.54, 1.807) is 0 Å². The van der Waals surface area contributed by atoms with Crippen molar-refractivity contribution in [2.45, 2.75) is 6.42 Å². The molecule has 0 saturated carbocycles. The molecule has 0 spiro atoms. The van der Waals surface area contributed by atoms with Gasteiger partial charge in [-0.25, -0.2) is 0 Å². The molecule has 0 amide bonds. The Labute approximate surface area is 99.7 Å². The van der Waals surface area contributed by atoms with Crippen molar-refractivity contribution in [3.63, 3.8) is 0 Å². The van der Waals surface area contributed by atoms with Gasteiger partial charge in [0, 0.05) is 0 Å². The van der Waals surface area contributed by atoms with E-state index in [9.17, 15) is 0 Å². The van der Waals surface area contributed by atoms with Gasteiger partial charge in [0.25, 0.3) is 0 Å². The first-order valence-electron chi connectivity index (χ1n) is 5.69. The second kappa shape index (κ2) is 3.94. The number of hydrogen-bond acceptors (Lipinski definition) is 4. The van der Waals surface area contributed by atoms with Crippen molar-refractivity contribution >= 4 is 0 Å². The first-order valence-corrected chi connectivity index (χ1v) is 5.69. The fraction of sp³-hybridized carbons (Fsp3) is 0.462. The van der Waals surface area contributed by atoms with Crippen molar-refractivity contribution in [3.8, 4) is 17.6 Å². The average molecular weight is 231 g/mol. The van der Waals surface area contributed by atoms with Crippen molar-refractivity contribution in [2.75, 3.05) is 26.4 Å². The summed E-state index contributed by atoms with van der Waals surface area (Å²) in [5.41, 5.74) is 0.753. The summed E-state index contributed by atoms with van der Waals surface area (Å²) in [5.74, 6) is 1.57. The van der Waals surface area contributed by atoms with Crippen molar-refractivity contribution in [3.05, 3.63) is 23.8 Å². The van der Waals surface area contributed by atoms with E-state index in [1.165, 1.54) is 0 Å². The molecule has 0 radical (unpaired) electrons. The molecule has 88 valence electrons. The molecule has 0 unspecified atom stereocenters. The molecule has 4 heteroatoms. The summed E-state index contributed by atoms with van der Waals surface area (Å²) in [6, 6.07) is 8.21. The number of ether oxygens (including phenoxy) is 3. The fourth-order valence-electron chi connectivity index (χ4n) is 2.14. The molecule has 0 bridgehead atoms. The molecule has 2 heterocycles. The maximum Gasteiger partial charge on any atom is 0.161 e. The zero-order chi connectivity index (χ0) is 11.7. The number of nitriles is 1. The number of rotatable bonds is 2. The molecule has 4 nitrogen and oxygen atoms in total. The first-order chi connectivity index (χ1) is 8.31. The van der Waals surface area contributed by atoms with Crippen LogP contribution in [0, 0.1) is 16.7 Å². The van der Waals surface area contributed by atoms with Crippen molar-refractivity contribution in [1.29, 1.82) is 5.26 Å². The summed E-state index contributed by atoms with van der Waals surface area (Å²) in [6.07, 6.45) is 0.708. The molecule has 2 aliphatic rings. The van der Waals surface area contributed by atoms with Gasteiger partial charge in [-0.1, -0.05) is 6.07 Å². The smallest absolute Gasteiger partial charge is 0.161 e. The van der Waals surface area contributed by atoms with Gasteiger partial charge in [0.1, 0.15) is 18.6 Å². The van der Waals surface area contributed by atoms with Gasteiger partial charge >= 0.3 is 0 Å². The Morgan fingerprint density at radius 2 is 1.94 bits per heavy atom. The monoisotopic (exact) mass is 231 g/mol. The average Bonchev–Trinajstić information content (AvgIpc) is 2.34. The van der Waals surface area contributed by atoms with Gasteiger partial charge in [-0.3, -0.25) is 0 Å². The molecule has 0 N–H and O–H groups in total. The Bertz CT molecular complexity index is 474. The second-order valence-corrected chi connectivity index (χ2v) is 4.54. The van der Waals surface area contributed by atoms with Crippen LogP contribution < -0.4 is 9.47 Å². The summed E-state index contributed by atoms with van der Waals surface area (Å²) in [4.78, 5) is 0. The predicted molar refractivity (Wildman–Crippen MR) is 60.0 cm³/mol. The molecule has 1 aromatic rings. The minimum absolute atomic E-state index is 0.343. The molecule has 0 aliphatic carbocycles. The van der Waals surface area contributed by atoms with Crippen LogP contribution >= 0.6 is 0 Å². The van der Waals surface area contributed by atoms with E-state index < -0.39 is 0 Å². The Balaban J connectivity index is 1.82. The lowest BCUT2D eigenvalue weighted by Crippen LogP contribution is -2.43. The van der Waals surface area contributed by atoms with Crippen molar-refractivity contribution in [1.82, 2.24) is 0 Å². The lowest BCUT2D eigenvalue weighted by molar-refractivity contribution is -0.0765. The quantitative estimate of drug-likeness (QED) is 0.774. The Kier molecular flexibility index (Phi) is 2.41. The number of fused-ring (bicyclic) bond motifs is 1. The zero-order valence-electron chi connectivity index (χ0n) is 9.44. The third-order valence-electron chi connectivity index (χ3n) is 3.14. The van der Waals surface area contributed by atoms with E-state index in [2.05, 4.69) is 6.07 Å². The lowest BCUT2D eigenvalue weighted by atomic mass is 9.81. The maximum absolute atomic E-state index is 9.15. The predicted octanol–water partition coefficient (Wildman–Crippen LogP) is 1.54. The highest BCUT2D eigenvalue weighted by atomic mass is 16.6. The van der Waals surface area contributed by atoms with Crippen LogP contribution in [0.4, 0.5) is 0 Å². The Hall–Kier alpha value is -1.73. The molecular formula is C13H13NO3. The molecule has 1 saturated heterocycles. The van der Waals surface area contributed by atoms with Crippen LogP contribution in [0.2, 0.25) is 0 Å². The number of nitrogens with zero attached hydrogens (tertiary/aromatic N) is 1. The Morgan fingerprint density at radius 1 is 1.18 bits per heavy atom. The number of hydrogen-bond donors (Lipinski definition) is 0. The van der Waals surface area contributed by atoms with E-state index in [1.807, 2.05) is 18.2 Å². The second-order valence-electron chi connectivity index (χ2n) is 4.54. The van der Waals surface area contributed by atoms with Crippen LogP contribution in [0.15, 0.2) is 18.2 Å². The van der Waals surface area contributed by atoms with Crippen LogP contribution in [0.25, 0.3) is 0 Å². The van der Waals surface area contributed by atoms with E-state index in [4.69, 9.17) is 19.5 Å². The van der Waals surface area contributed by atoms with E-state index in [-0.39, 0.29) is 5.41 Å². The largest absolute Gasteiger partial charge is 0.486 e. The van der Waals surface area contributed by atoms with Gasteiger partial charge in [-0.05, 0) is 24.1 Å². The lowest BCUT2D eigenvalue weighted by Gasteiger charge is -2.35. The van der Waals surface area contributed by atoms with Gasteiger partial charge < -0.3 is 14.2 Å². The van der Waals surface area contributed by atoms with Gasteiger partial charge in [0.2, 0.25) is 0 Å². The van der Waals surface area contributed by atoms with E-state index in [0.717, 1.165) is 17.1 Å². The molecule has 0 aromatic heterocycles. The van der Waals surface area contributed by atoms with Crippen LogP contribution in [0.1, 0.15) is 5.56 Å². The third-order valence-corrected chi connectivity index (χ3v) is 3.14. The SMILES string of the molecule is N#CC1(Cc2ccc3c(c2)OCCO3)COC1. The summed E-state index contributed by atoms with van der Waals surface area (Å²) >= 11 is 0. The third kappa shape index (κ3) is 1.83. The summed E-state index contributed by atoms with van der Waals surface area (Å²) in [7, 11) is 0. The van der Waals surface area contributed by atoms with Gasteiger partial charge in [0.05, 0.1) is 19.3 Å². The summed E-state index contributed by atoms with van der Waals surface area (Å²) < 4.78 is 16.1.